The molecule has 2 amide bonds. The van der Waals surface area contributed by atoms with Gasteiger partial charge in [-0.3, -0.25) is 13.9 Å². The Morgan fingerprint density at radius 3 is 2.71 bits per heavy atom. The summed E-state index contributed by atoms with van der Waals surface area (Å²) in [6, 6.07) is 2.36. The Hall–Kier alpha value is -4.63. The van der Waals surface area contributed by atoms with Crippen LogP contribution >= 0.6 is 0 Å². The Kier molecular flexibility index (Phi) is 5.18. The zero-order valence-electron chi connectivity index (χ0n) is 26.3. The Balaban J connectivity index is 1.40. The molecule has 2 aliphatic rings. The number of halogens is 3. The number of anilines is 2. The van der Waals surface area contributed by atoms with E-state index in [1.807, 2.05) is 0 Å². The maximum Gasteiger partial charge on any atom is 0.407 e. The van der Waals surface area contributed by atoms with Crippen molar-refractivity contribution in [1.82, 2.24) is 34.2 Å². The SMILES string of the molecule is [2H]C1(NC(=O)OC)CCC(n2c(=O)n(C([2H])([2H])[2H])c3cnc(Nc4ccc5c(C)nn(C6(C(N)=O)CC6C(F)(F)F)c5n4)cc32)C1. The van der Waals surface area contributed by atoms with E-state index in [0.717, 1.165) is 11.8 Å². The maximum atomic E-state index is 13.7. The first kappa shape index (κ1) is 23.0. The highest BCUT2D eigenvalue weighted by atomic mass is 19.4. The molecule has 42 heavy (non-hydrogen) atoms. The monoisotopic (exact) mass is 591 g/mol. The first-order valence-corrected chi connectivity index (χ1v) is 12.9. The lowest BCUT2D eigenvalue weighted by molar-refractivity contribution is -0.160. The number of alkyl halides is 3. The molecule has 2 saturated carbocycles. The lowest BCUT2D eigenvalue weighted by Crippen LogP contribution is -2.39. The molecule has 4 unspecified atom stereocenters. The lowest BCUT2D eigenvalue weighted by Gasteiger charge is -2.17. The summed E-state index contributed by atoms with van der Waals surface area (Å²) in [7, 11) is 1.16. The van der Waals surface area contributed by atoms with Crippen molar-refractivity contribution >= 4 is 45.7 Å². The van der Waals surface area contributed by atoms with E-state index < -0.39 is 60.8 Å². The number of methoxy groups -OCH3 is 1. The van der Waals surface area contributed by atoms with Gasteiger partial charge in [-0.2, -0.15) is 18.3 Å². The van der Waals surface area contributed by atoms with Crippen molar-refractivity contribution in [1.29, 1.82) is 0 Å². The Morgan fingerprint density at radius 2 is 2.05 bits per heavy atom. The third-order valence-electron chi connectivity index (χ3n) is 7.95. The van der Waals surface area contributed by atoms with Gasteiger partial charge in [-0.25, -0.2) is 24.2 Å². The second kappa shape index (κ2) is 9.46. The molecule has 4 atom stereocenters. The molecule has 0 radical (unpaired) electrons. The number of nitrogens with one attached hydrogen (secondary N) is 2. The number of primary amides is 1. The van der Waals surface area contributed by atoms with Gasteiger partial charge in [-0.1, -0.05) is 0 Å². The minimum atomic E-state index is -4.69. The molecule has 2 fully saturated rings. The molecule has 222 valence electrons. The zero-order chi connectivity index (χ0) is 33.6. The van der Waals surface area contributed by atoms with E-state index in [-0.39, 0.29) is 47.6 Å². The number of hydrogen-bond acceptors (Lipinski definition) is 8. The number of hydrogen-bond donors (Lipinski definition) is 3. The van der Waals surface area contributed by atoms with Crippen LogP contribution in [-0.2, 0) is 22.0 Å². The van der Waals surface area contributed by atoms with Crippen molar-refractivity contribution in [2.75, 3.05) is 12.4 Å². The van der Waals surface area contributed by atoms with Crippen molar-refractivity contribution in [2.24, 2.45) is 18.6 Å². The Bertz CT molecular complexity index is 1970. The number of nitrogens with zero attached hydrogens (tertiary/aromatic N) is 6. The number of aromatic nitrogens is 6. The first-order chi connectivity index (χ1) is 21.4. The number of nitrogens with two attached hydrogens (primary N) is 1. The predicted octanol–water partition coefficient (Wildman–Crippen LogP) is 2.74. The van der Waals surface area contributed by atoms with Crippen LogP contribution in [0.5, 0.6) is 0 Å². The van der Waals surface area contributed by atoms with Gasteiger partial charge < -0.3 is 21.1 Å². The van der Waals surface area contributed by atoms with Gasteiger partial charge in [0, 0.05) is 34.6 Å². The highest BCUT2D eigenvalue weighted by molar-refractivity contribution is 5.90. The maximum absolute atomic E-state index is 13.7. The fraction of sp³-hybridized carbons (Fsp3) is 0.462. The fourth-order valence-corrected chi connectivity index (χ4v) is 5.77. The molecule has 13 nitrogen and oxygen atoms in total. The molecule has 4 N–H and O–H groups in total. The number of alkyl carbamates (subject to hydrolysis) is 1. The van der Waals surface area contributed by atoms with Crippen LogP contribution in [0, 0.1) is 12.8 Å². The van der Waals surface area contributed by atoms with Gasteiger partial charge in [0.2, 0.25) is 5.91 Å². The predicted molar refractivity (Wildman–Crippen MR) is 144 cm³/mol. The molecule has 4 aromatic rings. The molecule has 4 aromatic heterocycles. The van der Waals surface area contributed by atoms with Crippen LogP contribution in [0.25, 0.3) is 22.1 Å². The van der Waals surface area contributed by atoms with Crippen LogP contribution in [0.1, 0.15) is 42.9 Å². The van der Waals surface area contributed by atoms with Crippen LogP contribution in [0.15, 0.2) is 29.2 Å². The lowest BCUT2D eigenvalue weighted by atomic mass is 10.2. The van der Waals surface area contributed by atoms with E-state index in [1.165, 1.54) is 22.9 Å². The van der Waals surface area contributed by atoms with Crippen LogP contribution in [0.2, 0.25) is 0 Å². The van der Waals surface area contributed by atoms with Crippen LogP contribution < -0.4 is 22.1 Å². The number of pyridine rings is 2. The minimum Gasteiger partial charge on any atom is -0.453 e. The normalized spacial score (nSPS) is 27.3. The van der Waals surface area contributed by atoms with E-state index in [2.05, 4.69) is 30.4 Å². The molecule has 16 heteroatoms. The molecule has 0 aromatic carbocycles. The molecule has 4 heterocycles. The third kappa shape index (κ3) is 4.23. The molecule has 2 aliphatic carbocycles. The summed E-state index contributed by atoms with van der Waals surface area (Å²) in [5, 5.41) is 9.96. The summed E-state index contributed by atoms with van der Waals surface area (Å²) in [6.45, 7) is -1.30. The third-order valence-corrected chi connectivity index (χ3v) is 7.95. The summed E-state index contributed by atoms with van der Waals surface area (Å²) in [5.74, 6) is -3.01. The highest BCUT2D eigenvalue weighted by Gasteiger charge is 2.73. The van der Waals surface area contributed by atoms with Crippen LogP contribution in [0.4, 0.5) is 29.6 Å². The van der Waals surface area contributed by atoms with Crippen molar-refractivity contribution in [3.05, 3.63) is 40.6 Å². The topological polar surface area (TPSA) is 164 Å². The number of amides is 2. The van der Waals surface area contributed by atoms with Gasteiger partial charge in [-0.05, 0) is 44.7 Å². The van der Waals surface area contributed by atoms with E-state index in [0.29, 0.717) is 15.6 Å². The number of carbonyl (C=O) groups excluding carboxylic acids is 2. The molecule has 0 spiro atoms. The van der Waals surface area contributed by atoms with Crippen molar-refractivity contribution in [3.8, 4) is 0 Å². The van der Waals surface area contributed by atoms with Gasteiger partial charge in [0.15, 0.2) is 11.2 Å². The summed E-state index contributed by atoms with van der Waals surface area (Å²) in [4.78, 5) is 46.3. The largest absolute Gasteiger partial charge is 0.453 e. The first-order valence-electron chi connectivity index (χ1n) is 14.9. The number of ether oxygens (including phenoxy) is 1. The fourth-order valence-electron chi connectivity index (χ4n) is 5.77. The second-order valence-electron chi connectivity index (χ2n) is 10.4. The molecule has 0 aliphatic heterocycles. The smallest absolute Gasteiger partial charge is 0.407 e. The van der Waals surface area contributed by atoms with Gasteiger partial charge in [-0.15, -0.1) is 0 Å². The number of imidazole rings is 1. The van der Waals surface area contributed by atoms with Crippen molar-refractivity contribution in [3.63, 3.8) is 0 Å². The van der Waals surface area contributed by atoms with E-state index in [1.54, 1.807) is 13.0 Å². The van der Waals surface area contributed by atoms with Crippen LogP contribution in [-0.4, -0.2) is 60.2 Å². The van der Waals surface area contributed by atoms with E-state index in [4.69, 9.17) is 11.2 Å². The quantitative estimate of drug-likeness (QED) is 0.308. The molecular formula is C26H28F3N9O4. The van der Waals surface area contributed by atoms with Gasteiger partial charge in [0.25, 0.3) is 0 Å². The average molecular weight is 592 g/mol. The highest BCUT2D eigenvalue weighted by Crippen LogP contribution is 2.58. The van der Waals surface area contributed by atoms with Crippen LogP contribution in [0.3, 0.4) is 0 Å². The standard InChI is InChI=1S/C26H28F3N9O4/c1-12-15-6-7-19(34-21(15)38(35-12)25(22(30)39)10-18(25)26(27,28)29)33-20-9-16-17(11-31-20)36(2)24(41)37(16)14-5-4-13(8-14)32-23(40)42-3/h6-7,9,11,13-14,18H,4-5,8,10H2,1-3H3,(H2,30,39)(H,32,40)(H,31,33,34)/i2D3,13D. The molecule has 6 rings (SSSR count). The average Bonchev–Trinajstić information content (AvgIpc) is 3.38. The minimum absolute atomic E-state index is 0.00797. The van der Waals surface area contributed by atoms with E-state index >= 15 is 0 Å². The zero-order valence-corrected chi connectivity index (χ0v) is 22.3. The summed E-state index contributed by atoms with van der Waals surface area (Å²) in [6.07, 6.45) is -4.49. The number of fused-ring (bicyclic) bond motifs is 2. The molecule has 0 bridgehead atoms. The Labute approximate surface area is 241 Å². The second-order valence-corrected chi connectivity index (χ2v) is 10.4. The van der Waals surface area contributed by atoms with Gasteiger partial charge in [0.05, 0.1) is 37.3 Å². The van der Waals surface area contributed by atoms with Gasteiger partial charge >= 0.3 is 18.0 Å². The summed E-state index contributed by atoms with van der Waals surface area (Å²) in [5.41, 5.74) is 2.96. The summed E-state index contributed by atoms with van der Waals surface area (Å²) < 4.78 is 80.9. The van der Waals surface area contributed by atoms with Crippen molar-refractivity contribution in [2.45, 2.75) is 56.4 Å². The molecule has 0 saturated heterocycles. The van der Waals surface area contributed by atoms with E-state index in [9.17, 15) is 27.6 Å². The molecular weight excluding hydrogens is 559 g/mol. The number of carbonyl (C=O) groups is 2. The number of aryl methyl sites for hydroxylation is 2. The number of rotatable bonds is 6. The Morgan fingerprint density at radius 1 is 1.26 bits per heavy atom. The van der Waals surface area contributed by atoms with Gasteiger partial charge in [0.1, 0.15) is 11.6 Å². The summed E-state index contributed by atoms with van der Waals surface area (Å²) >= 11 is 0. The van der Waals surface area contributed by atoms with Crippen molar-refractivity contribution < 1.29 is 33.0 Å².